The standard InChI is InChI=1S/C24H38BrN3O2.C5H8.C2H7NOS/c1-5-15-27(16-8-9-20(4)6-2)17-14-23(7-3)26-24(30)28(19-29)18-21-10-12-22(25)13-11-21;1-3-5-4-2;1-2-5(3)4/h6,10-13,19-20,23H,2,5,7-9,14-18H2,1,3-4H3,(H,26,30);3-5H,1H2,2H3;2-3H2,1H3/b;5-4-;. The third-order valence-electron chi connectivity index (χ3n) is 5.96. The molecule has 0 aliphatic rings. The molecule has 3 N–H and O–H groups in total. The molecule has 0 radical (unpaired) electrons. The van der Waals surface area contributed by atoms with Crippen molar-refractivity contribution in [2.24, 2.45) is 11.1 Å². The summed E-state index contributed by atoms with van der Waals surface area (Å²) in [5, 5.41) is 7.80. The zero-order valence-corrected chi connectivity index (χ0v) is 27.7. The van der Waals surface area contributed by atoms with Gasteiger partial charge < -0.3 is 10.2 Å². The molecule has 1 rings (SSSR count). The zero-order chi connectivity index (χ0) is 30.8. The number of allylic oxidation sites excluding steroid dienone is 4. The number of urea groups is 1. The smallest absolute Gasteiger partial charge is 0.324 e. The van der Waals surface area contributed by atoms with Crippen molar-refractivity contribution in [3.05, 3.63) is 71.8 Å². The summed E-state index contributed by atoms with van der Waals surface area (Å²) >= 11 is 3.40. The van der Waals surface area contributed by atoms with Gasteiger partial charge in [-0.2, -0.15) is 0 Å². The molecule has 0 bridgehead atoms. The van der Waals surface area contributed by atoms with Crippen molar-refractivity contribution >= 4 is 39.4 Å². The van der Waals surface area contributed by atoms with Gasteiger partial charge in [-0.1, -0.05) is 86.6 Å². The van der Waals surface area contributed by atoms with Gasteiger partial charge in [-0.15, -0.1) is 6.58 Å². The van der Waals surface area contributed by atoms with Crippen LogP contribution in [-0.2, 0) is 22.3 Å². The lowest BCUT2D eigenvalue weighted by atomic mass is 10.1. The predicted molar refractivity (Wildman–Crippen MR) is 176 cm³/mol. The van der Waals surface area contributed by atoms with Crippen LogP contribution in [0, 0.1) is 5.92 Å². The van der Waals surface area contributed by atoms with Crippen LogP contribution in [0.2, 0.25) is 0 Å². The van der Waals surface area contributed by atoms with Gasteiger partial charge in [0.05, 0.1) is 17.5 Å². The van der Waals surface area contributed by atoms with E-state index in [0.29, 0.717) is 18.1 Å². The molecule has 0 aliphatic carbocycles. The third-order valence-corrected chi connectivity index (χ3v) is 7.06. The molecule has 40 heavy (non-hydrogen) atoms. The van der Waals surface area contributed by atoms with Gasteiger partial charge in [0.25, 0.3) is 0 Å². The van der Waals surface area contributed by atoms with E-state index >= 15 is 0 Å². The van der Waals surface area contributed by atoms with Crippen LogP contribution in [-0.4, -0.2) is 57.9 Å². The second-order valence-electron chi connectivity index (χ2n) is 9.33. The topological polar surface area (TPSA) is 95.7 Å². The highest BCUT2D eigenvalue weighted by atomic mass is 79.9. The van der Waals surface area contributed by atoms with Crippen LogP contribution < -0.4 is 10.5 Å². The summed E-state index contributed by atoms with van der Waals surface area (Å²) in [6.45, 7) is 20.9. The van der Waals surface area contributed by atoms with Gasteiger partial charge in [0, 0.05) is 22.8 Å². The van der Waals surface area contributed by atoms with Gasteiger partial charge in [0.2, 0.25) is 6.41 Å². The quantitative estimate of drug-likeness (QED) is 0.109. The van der Waals surface area contributed by atoms with Gasteiger partial charge in [-0.3, -0.25) is 14.8 Å². The number of nitrogens with one attached hydrogen (secondary N) is 1. The van der Waals surface area contributed by atoms with Gasteiger partial charge in [-0.05, 0) is 75.7 Å². The number of rotatable bonds is 17. The van der Waals surface area contributed by atoms with Crippen molar-refractivity contribution in [1.29, 1.82) is 0 Å². The minimum absolute atomic E-state index is 0.0522. The molecule has 0 spiro atoms. The first-order valence-electron chi connectivity index (χ1n) is 14.1. The van der Waals surface area contributed by atoms with Crippen molar-refractivity contribution in [2.75, 3.05) is 25.4 Å². The average molecular weight is 642 g/mol. The maximum atomic E-state index is 12.6. The molecule has 0 aromatic heterocycles. The summed E-state index contributed by atoms with van der Waals surface area (Å²) in [6.07, 6.45) is 13.3. The molecule has 0 aliphatic heterocycles. The molecule has 9 heteroatoms. The first-order valence-corrected chi connectivity index (χ1v) is 16.3. The SMILES string of the molecule is C=C/C=C\C.C=CC(C)CCCN(CCC)CCC(CC)NC(=O)N(C=O)Cc1ccc(Br)cc1.CCS(N)=O. The van der Waals surface area contributed by atoms with Gasteiger partial charge >= 0.3 is 6.03 Å². The van der Waals surface area contributed by atoms with Crippen molar-refractivity contribution in [1.82, 2.24) is 15.1 Å². The molecular formula is C31H53BrN4O3S. The van der Waals surface area contributed by atoms with Gasteiger partial charge in [0.15, 0.2) is 0 Å². The van der Waals surface area contributed by atoms with E-state index in [-0.39, 0.29) is 18.6 Å². The predicted octanol–water partition coefficient (Wildman–Crippen LogP) is 6.98. The Morgan fingerprint density at radius 3 is 2.17 bits per heavy atom. The normalized spacial score (nSPS) is 12.7. The molecule has 1 aromatic carbocycles. The van der Waals surface area contributed by atoms with Crippen LogP contribution in [0.1, 0.15) is 72.3 Å². The Morgan fingerprint density at radius 1 is 1.12 bits per heavy atom. The fourth-order valence-corrected chi connectivity index (χ4v) is 3.72. The lowest BCUT2D eigenvalue weighted by Crippen LogP contribution is -2.45. The molecule has 3 atom stereocenters. The molecule has 228 valence electrons. The van der Waals surface area contributed by atoms with E-state index in [9.17, 15) is 13.8 Å². The number of carbonyl (C=O) groups excluding carboxylic acids is 2. The maximum absolute atomic E-state index is 12.6. The van der Waals surface area contributed by atoms with E-state index in [1.807, 2.05) is 49.4 Å². The average Bonchev–Trinajstić information content (AvgIpc) is 2.95. The Kier molecular flexibility index (Phi) is 27.2. The summed E-state index contributed by atoms with van der Waals surface area (Å²) < 4.78 is 10.7. The molecule has 0 saturated carbocycles. The van der Waals surface area contributed by atoms with E-state index in [4.69, 9.17) is 5.14 Å². The van der Waals surface area contributed by atoms with Crippen molar-refractivity contribution in [2.45, 2.75) is 79.3 Å². The van der Waals surface area contributed by atoms with E-state index in [2.05, 4.69) is 60.1 Å². The first kappa shape index (κ1) is 40.1. The van der Waals surface area contributed by atoms with Crippen LogP contribution in [0.5, 0.6) is 0 Å². The number of amides is 3. The van der Waals surface area contributed by atoms with Crippen molar-refractivity contribution in [3.8, 4) is 0 Å². The molecule has 0 heterocycles. The van der Waals surface area contributed by atoms with E-state index in [1.165, 1.54) is 4.90 Å². The largest absolute Gasteiger partial charge is 0.335 e. The van der Waals surface area contributed by atoms with Crippen LogP contribution in [0.15, 0.2) is 66.2 Å². The molecular weight excluding hydrogens is 588 g/mol. The number of halogens is 1. The van der Waals surface area contributed by atoms with Gasteiger partial charge in [-0.25, -0.2) is 9.00 Å². The Morgan fingerprint density at radius 2 is 1.75 bits per heavy atom. The summed E-state index contributed by atoms with van der Waals surface area (Å²) in [5.74, 6) is 1.11. The minimum atomic E-state index is -1.07. The molecule has 0 saturated heterocycles. The minimum Gasteiger partial charge on any atom is -0.335 e. The molecule has 7 nitrogen and oxygen atoms in total. The van der Waals surface area contributed by atoms with Crippen molar-refractivity contribution in [3.63, 3.8) is 0 Å². The highest BCUT2D eigenvalue weighted by molar-refractivity contribution is 9.10. The zero-order valence-electron chi connectivity index (χ0n) is 25.3. The Balaban J connectivity index is 0. The van der Waals surface area contributed by atoms with E-state index in [0.717, 1.165) is 61.8 Å². The molecule has 3 amide bonds. The van der Waals surface area contributed by atoms with Crippen LogP contribution in [0.25, 0.3) is 0 Å². The lowest BCUT2D eigenvalue weighted by Gasteiger charge is -2.26. The first-order chi connectivity index (χ1) is 19.1. The molecule has 0 fully saturated rings. The fraction of sp³-hybridized carbons (Fsp3) is 0.548. The number of carbonyl (C=O) groups is 2. The van der Waals surface area contributed by atoms with E-state index < -0.39 is 11.0 Å². The number of hydrogen-bond acceptors (Lipinski definition) is 4. The van der Waals surface area contributed by atoms with Crippen LogP contribution >= 0.6 is 15.9 Å². The van der Waals surface area contributed by atoms with Gasteiger partial charge in [0.1, 0.15) is 0 Å². The number of benzene rings is 1. The number of imide groups is 1. The Bertz CT molecular complexity index is 865. The third kappa shape index (κ3) is 22.7. The summed E-state index contributed by atoms with van der Waals surface area (Å²) in [4.78, 5) is 27.8. The molecule has 3 unspecified atom stereocenters. The highest BCUT2D eigenvalue weighted by Gasteiger charge is 2.18. The summed E-state index contributed by atoms with van der Waals surface area (Å²) in [6, 6.07) is 7.34. The van der Waals surface area contributed by atoms with Crippen LogP contribution in [0.3, 0.4) is 0 Å². The second-order valence-corrected chi connectivity index (χ2v) is 11.6. The summed E-state index contributed by atoms with van der Waals surface area (Å²) in [7, 11) is -1.07. The van der Waals surface area contributed by atoms with Crippen LogP contribution in [0.4, 0.5) is 4.79 Å². The number of nitrogens with zero attached hydrogens (tertiary/aromatic N) is 2. The molecule has 1 aromatic rings. The van der Waals surface area contributed by atoms with E-state index in [1.54, 1.807) is 13.0 Å². The Labute approximate surface area is 255 Å². The number of nitrogens with two attached hydrogens (primary N) is 1. The highest BCUT2D eigenvalue weighted by Crippen LogP contribution is 2.13. The maximum Gasteiger partial charge on any atom is 0.324 e. The van der Waals surface area contributed by atoms with Crippen molar-refractivity contribution < 1.29 is 13.8 Å². The fourth-order valence-electron chi connectivity index (χ4n) is 3.46. The Hall–Kier alpha value is -2.07. The second kappa shape index (κ2) is 27.1. The monoisotopic (exact) mass is 640 g/mol. The lowest BCUT2D eigenvalue weighted by molar-refractivity contribution is -0.116. The summed E-state index contributed by atoms with van der Waals surface area (Å²) in [5.41, 5.74) is 0.913. The number of hydrogen-bond donors (Lipinski definition) is 2.